The lowest BCUT2D eigenvalue weighted by Gasteiger charge is -2.25. The van der Waals surface area contributed by atoms with E-state index in [1.807, 2.05) is 13.1 Å². The summed E-state index contributed by atoms with van der Waals surface area (Å²) in [4.78, 5) is 8.61. The molecule has 1 aromatic rings. The van der Waals surface area contributed by atoms with Crippen molar-refractivity contribution in [2.24, 2.45) is 23.5 Å². The SMILES string of the molecule is Cc1ncc(CN)c(NCC(C(C)C)C(C)C)n1. The summed E-state index contributed by atoms with van der Waals surface area (Å²) in [6, 6.07) is 0. The smallest absolute Gasteiger partial charge is 0.134 e. The molecule has 4 heteroatoms. The van der Waals surface area contributed by atoms with Crippen molar-refractivity contribution >= 4 is 5.82 Å². The molecule has 0 fully saturated rings. The molecule has 0 unspecified atom stereocenters. The van der Waals surface area contributed by atoms with Crippen LogP contribution in [0.4, 0.5) is 5.82 Å². The molecule has 1 rings (SSSR count). The van der Waals surface area contributed by atoms with Crippen molar-refractivity contribution in [1.29, 1.82) is 0 Å². The maximum atomic E-state index is 5.71. The van der Waals surface area contributed by atoms with Crippen LogP contribution < -0.4 is 11.1 Å². The zero-order valence-corrected chi connectivity index (χ0v) is 12.2. The second-order valence-corrected chi connectivity index (χ2v) is 5.53. The Labute approximate surface area is 110 Å². The highest BCUT2D eigenvalue weighted by Gasteiger charge is 2.17. The fourth-order valence-electron chi connectivity index (χ4n) is 2.25. The van der Waals surface area contributed by atoms with Crippen molar-refractivity contribution in [3.05, 3.63) is 17.6 Å². The molecule has 1 heterocycles. The summed E-state index contributed by atoms with van der Waals surface area (Å²) >= 11 is 0. The zero-order chi connectivity index (χ0) is 13.7. The first-order chi connectivity index (χ1) is 8.45. The van der Waals surface area contributed by atoms with Gasteiger partial charge in [-0.05, 0) is 24.7 Å². The lowest BCUT2D eigenvalue weighted by molar-refractivity contribution is 0.304. The largest absolute Gasteiger partial charge is 0.369 e. The molecule has 0 saturated heterocycles. The molecule has 18 heavy (non-hydrogen) atoms. The molecule has 1 aromatic heterocycles. The molecule has 0 aromatic carbocycles. The third-order valence-electron chi connectivity index (χ3n) is 3.42. The van der Waals surface area contributed by atoms with Crippen LogP contribution in [0.15, 0.2) is 6.20 Å². The van der Waals surface area contributed by atoms with Crippen LogP contribution in [0.2, 0.25) is 0 Å². The van der Waals surface area contributed by atoms with E-state index in [4.69, 9.17) is 5.73 Å². The van der Waals surface area contributed by atoms with E-state index in [9.17, 15) is 0 Å². The second-order valence-electron chi connectivity index (χ2n) is 5.53. The second kappa shape index (κ2) is 6.69. The van der Waals surface area contributed by atoms with E-state index in [0.717, 1.165) is 23.8 Å². The Kier molecular flexibility index (Phi) is 5.54. The Bertz CT molecular complexity index is 366. The topological polar surface area (TPSA) is 63.8 Å². The highest BCUT2D eigenvalue weighted by atomic mass is 15.0. The minimum atomic E-state index is 0.469. The first kappa shape index (κ1) is 14.9. The van der Waals surface area contributed by atoms with Crippen molar-refractivity contribution in [3.63, 3.8) is 0 Å². The van der Waals surface area contributed by atoms with Gasteiger partial charge in [0.15, 0.2) is 0 Å². The Hall–Kier alpha value is -1.16. The molecule has 102 valence electrons. The third-order valence-corrected chi connectivity index (χ3v) is 3.42. The summed E-state index contributed by atoms with van der Waals surface area (Å²) in [6.07, 6.45) is 1.81. The standard InChI is InChI=1S/C14H26N4/c1-9(2)13(10(3)4)8-17-14-12(6-15)7-16-11(5)18-14/h7,9-10,13H,6,8,15H2,1-5H3,(H,16,17,18). The minimum Gasteiger partial charge on any atom is -0.369 e. The lowest BCUT2D eigenvalue weighted by Crippen LogP contribution is -2.25. The Balaban J connectivity index is 2.75. The van der Waals surface area contributed by atoms with Crippen molar-refractivity contribution in [2.45, 2.75) is 41.2 Å². The van der Waals surface area contributed by atoms with E-state index < -0.39 is 0 Å². The molecule has 0 aliphatic heterocycles. The van der Waals surface area contributed by atoms with Crippen molar-refractivity contribution < 1.29 is 0 Å². The molecule has 0 aliphatic rings. The zero-order valence-electron chi connectivity index (χ0n) is 12.2. The number of nitrogens with one attached hydrogen (secondary N) is 1. The number of aryl methyl sites for hydroxylation is 1. The molecule has 0 bridgehead atoms. The van der Waals surface area contributed by atoms with Crippen LogP contribution in [-0.4, -0.2) is 16.5 Å². The quantitative estimate of drug-likeness (QED) is 0.814. The van der Waals surface area contributed by atoms with E-state index >= 15 is 0 Å². The maximum absolute atomic E-state index is 5.71. The summed E-state index contributed by atoms with van der Waals surface area (Å²) in [6.45, 7) is 12.4. The van der Waals surface area contributed by atoms with E-state index in [1.54, 1.807) is 0 Å². The summed E-state index contributed by atoms with van der Waals surface area (Å²) in [5.74, 6) is 3.60. The minimum absolute atomic E-state index is 0.469. The summed E-state index contributed by atoms with van der Waals surface area (Å²) < 4.78 is 0. The van der Waals surface area contributed by atoms with Crippen LogP contribution in [0, 0.1) is 24.7 Å². The molecule has 0 amide bonds. The number of hydrogen-bond acceptors (Lipinski definition) is 4. The van der Waals surface area contributed by atoms with E-state index in [1.165, 1.54) is 0 Å². The number of nitrogens with zero attached hydrogens (tertiary/aromatic N) is 2. The van der Waals surface area contributed by atoms with Crippen LogP contribution in [0.5, 0.6) is 0 Å². The van der Waals surface area contributed by atoms with Gasteiger partial charge in [-0.3, -0.25) is 0 Å². The van der Waals surface area contributed by atoms with E-state index in [0.29, 0.717) is 24.3 Å². The van der Waals surface area contributed by atoms with Gasteiger partial charge >= 0.3 is 0 Å². The molecule has 0 radical (unpaired) electrons. The van der Waals surface area contributed by atoms with E-state index in [-0.39, 0.29) is 0 Å². The molecule has 0 saturated carbocycles. The molecular weight excluding hydrogens is 224 g/mol. The predicted octanol–water partition coefficient (Wildman–Crippen LogP) is 2.58. The van der Waals surface area contributed by atoms with Gasteiger partial charge in [0.05, 0.1) is 0 Å². The first-order valence-corrected chi connectivity index (χ1v) is 6.72. The van der Waals surface area contributed by atoms with Crippen LogP contribution in [0.3, 0.4) is 0 Å². The van der Waals surface area contributed by atoms with Crippen molar-refractivity contribution in [1.82, 2.24) is 9.97 Å². The van der Waals surface area contributed by atoms with Crippen molar-refractivity contribution in [3.8, 4) is 0 Å². The monoisotopic (exact) mass is 250 g/mol. The first-order valence-electron chi connectivity index (χ1n) is 6.72. The van der Waals surface area contributed by atoms with Crippen LogP contribution in [0.25, 0.3) is 0 Å². The Morgan fingerprint density at radius 1 is 1.22 bits per heavy atom. The number of nitrogens with two attached hydrogens (primary N) is 1. The maximum Gasteiger partial charge on any atom is 0.134 e. The van der Waals surface area contributed by atoms with Gasteiger partial charge < -0.3 is 11.1 Å². The molecule has 4 nitrogen and oxygen atoms in total. The fraction of sp³-hybridized carbons (Fsp3) is 0.714. The van der Waals surface area contributed by atoms with Gasteiger partial charge in [-0.15, -0.1) is 0 Å². The average molecular weight is 250 g/mol. The van der Waals surface area contributed by atoms with Gasteiger partial charge in [-0.1, -0.05) is 27.7 Å². The number of aromatic nitrogens is 2. The van der Waals surface area contributed by atoms with Gasteiger partial charge in [0, 0.05) is 24.8 Å². The van der Waals surface area contributed by atoms with Gasteiger partial charge in [-0.25, -0.2) is 9.97 Å². The Morgan fingerprint density at radius 2 is 1.83 bits per heavy atom. The molecule has 0 atom stereocenters. The summed E-state index contributed by atoms with van der Waals surface area (Å²) in [5.41, 5.74) is 6.69. The average Bonchev–Trinajstić information content (AvgIpc) is 2.28. The number of anilines is 1. The fourth-order valence-corrected chi connectivity index (χ4v) is 2.25. The van der Waals surface area contributed by atoms with Crippen molar-refractivity contribution in [2.75, 3.05) is 11.9 Å². The van der Waals surface area contributed by atoms with Gasteiger partial charge in [0.2, 0.25) is 0 Å². The number of hydrogen-bond donors (Lipinski definition) is 2. The molecule has 0 aliphatic carbocycles. The summed E-state index contributed by atoms with van der Waals surface area (Å²) in [5, 5.41) is 3.44. The van der Waals surface area contributed by atoms with Gasteiger partial charge in [-0.2, -0.15) is 0 Å². The number of rotatable bonds is 6. The van der Waals surface area contributed by atoms with E-state index in [2.05, 4.69) is 43.0 Å². The summed E-state index contributed by atoms with van der Waals surface area (Å²) in [7, 11) is 0. The normalized spacial score (nSPS) is 11.6. The van der Waals surface area contributed by atoms with Gasteiger partial charge in [0.25, 0.3) is 0 Å². The van der Waals surface area contributed by atoms with Gasteiger partial charge in [0.1, 0.15) is 11.6 Å². The van der Waals surface area contributed by atoms with Crippen LogP contribution in [0.1, 0.15) is 39.1 Å². The lowest BCUT2D eigenvalue weighted by atomic mass is 9.85. The molecule has 3 N–H and O–H groups in total. The third kappa shape index (κ3) is 3.95. The molecule has 0 spiro atoms. The highest BCUT2D eigenvalue weighted by Crippen LogP contribution is 2.21. The van der Waals surface area contributed by atoms with Crippen LogP contribution >= 0.6 is 0 Å². The predicted molar refractivity (Wildman–Crippen MR) is 76.3 cm³/mol. The van der Waals surface area contributed by atoms with Crippen LogP contribution in [-0.2, 0) is 6.54 Å². The Morgan fingerprint density at radius 3 is 2.33 bits per heavy atom. The molecular formula is C14H26N4. The highest BCUT2D eigenvalue weighted by molar-refractivity contribution is 5.42.